The van der Waals surface area contributed by atoms with E-state index in [1.807, 2.05) is 12.1 Å². The molecule has 6 nitrogen and oxygen atoms in total. The summed E-state index contributed by atoms with van der Waals surface area (Å²) >= 11 is 17.8. The van der Waals surface area contributed by atoms with Crippen LogP contribution in [0, 0.1) is 5.92 Å². The number of carbonyl (C=O) groups is 2. The summed E-state index contributed by atoms with van der Waals surface area (Å²) < 4.78 is 5.35. The van der Waals surface area contributed by atoms with Crippen molar-refractivity contribution in [2.45, 2.75) is 19.8 Å². The Morgan fingerprint density at radius 1 is 1.07 bits per heavy atom. The number of anilines is 1. The minimum Gasteiger partial charge on any atom is -0.482 e. The van der Waals surface area contributed by atoms with E-state index >= 15 is 0 Å². The van der Waals surface area contributed by atoms with E-state index in [0.29, 0.717) is 10.7 Å². The van der Waals surface area contributed by atoms with Gasteiger partial charge in [0.2, 0.25) is 5.91 Å². The summed E-state index contributed by atoms with van der Waals surface area (Å²) in [5, 5.41) is 7.75. The van der Waals surface area contributed by atoms with Crippen LogP contribution >= 0.6 is 34.8 Å². The summed E-state index contributed by atoms with van der Waals surface area (Å²) in [7, 11) is 0. The van der Waals surface area contributed by atoms with Crippen molar-refractivity contribution in [1.82, 2.24) is 5.43 Å². The molecule has 0 spiro atoms. The molecule has 2 amide bonds. The zero-order chi connectivity index (χ0) is 21.0. The molecule has 2 N–H and O–H groups in total. The first-order chi connectivity index (χ1) is 13.8. The van der Waals surface area contributed by atoms with Crippen LogP contribution < -0.4 is 15.5 Å². The molecule has 1 saturated carbocycles. The van der Waals surface area contributed by atoms with Gasteiger partial charge in [-0.15, -0.1) is 0 Å². The van der Waals surface area contributed by atoms with Crippen molar-refractivity contribution in [2.75, 3.05) is 11.9 Å². The predicted octanol–water partition coefficient (Wildman–Crippen LogP) is 4.91. The first-order valence-electron chi connectivity index (χ1n) is 8.85. The van der Waals surface area contributed by atoms with Gasteiger partial charge in [-0.1, -0.05) is 46.9 Å². The highest BCUT2D eigenvalue weighted by molar-refractivity contribution is 6.43. The number of amides is 2. The van der Waals surface area contributed by atoms with Gasteiger partial charge in [-0.3, -0.25) is 9.59 Å². The number of nitrogens with zero attached hydrogens (tertiary/aromatic N) is 1. The minimum absolute atomic E-state index is 0.0532. The molecule has 9 heteroatoms. The van der Waals surface area contributed by atoms with E-state index < -0.39 is 5.91 Å². The smallest absolute Gasteiger partial charge is 0.277 e. The van der Waals surface area contributed by atoms with Crippen LogP contribution in [0.2, 0.25) is 15.1 Å². The molecule has 1 aliphatic carbocycles. The second kappa shape index (κ2) is 9.48. The van der Waals surface area contributed by atoms with Gasteiger partial charge in [0, 0.05) is 17.7 Å². The van der Waals surface area contributed by atoms with Gasteiger partial charge in [0.05, 0.1) is 20.8 Å². The maximum atomic E-state index is 12.0. The maximum absolute atomic E-state index is 12.0. The van der Waals surface area contributed by atoms with Gasteiger partial charge in [0.25, 0.3) is 5.91 Å². The molecule has 0 saturated heterocycles. The average molecular weight is 455 g/mol. The van der Waals surface area contributed by atoms with Crippen molar-refractivity contribution in [3.05, 3.63) is 57.0 Å². The Balaban J connectivity index is 1.51. The van der Waals surface area contributed by atoms with Crippen LogP contribution in [0.15, 0.2) is 41.5 Å². The fourth-order valence-corrected chi connectivity index (χ4v) is 2.98. The molecule has 1 aliphatic rings. The Hall–Kier alpha value is -2.28. The number of nitrogens with one attached hydrogen (secondary N) is 2. The van der Waals surface area contributed by atoms with Crippen LogP contribution in [0.25, 0.3) is 0 Å². The molecule has 0 aliphatic heterocycles. The molecule has 0 heterocycles. The van der Waals surface area contributed by atoms with Crippen LogP contribution in [-0.2, 0) is 9.59 Å². The maximum Gasteiger partial charge on any atom is 0.277 e. The van der Waals surface area contributed by atoms with Crippen LogP contribution in [0.1, 0.15) is 25.3 Å². The quantitative estimate of drug-likeness (QED) is 0.354. The van der Waals surface area contributed by atoms with E-state index in [1.54, 1.807) is 19.1 Å². The lowest BCUT2D eigenvalue weighted by molar-refractivity contribution is -0.123. The minimum atomic E-state index is -0.459. The summed E-state index contributed by atoms with van der Waals surface area (Å²) in [6.07, 6.45) is 1.91. The first kappa shape index (κ1) is 21.4. The number of benzene rings is 2. The van der Waals surface area contributed by atoms with Gasteiger partial charge in [0.1, 0.15) is 5.75 Å². The van der Waals surface area contributed by atoms with Gasteiger partial charge in [0.15, 0.2) is 6.61 Å². The summed E-state index contributed by atoms with van der Waals surface area (Å²) in [6.45, 7) is 1.47. The lowest BCUT2D eigenvalue weighted by Gasteiger charge is -2.09. The Kier molecular flexibility index (Phi) is 7.00. The largest absolute Gasteiger partial charge is 0.482 e. The molecule has 0 aromatic heterocycles. The SMILES string of the molecule is C/C(=N/NC(=O)COc1cc(Cl)c(Cl)cc1Cl)c1ccc(NC(=O)C2CC2)cc1. The van der Waals surface area contributed by atoms with Crippen LogP contribution in [0.3, 0.4) is 0 Å². The van der Waals surface area contributed by atoms with E-state index in [9.17, 15) is 9.59 Å². The highest BCUT2D eigenvalue weighted by Crippen LogP contribution is 2.33. The zero-order valence-electron chi connectivity index (χ0n) is 15.5. The Labute approximate surface area is 183 Å². The summed E-state index contributed by atoms with van der Waals surface area (Å²) in [5.74, 6) is -0.00720. The summed E-state index contributed by atoms with van der Waals surface area (Å²) in [4.78, 5) is 23.7. The van der Waals surface area contributed by atoms with E-state index in [2.05, 4.69) is 15.8 Å². The van der Waals surface area contributed by atoms with Crippen molar-refractivity contribution in [3.8, 4) is 5.75 Å². The van der Waals surface area contributed by atoms with Gasteiger partial charge in [-0.25, -0.2) is 5.43 Å². The Bertz CT molecular complexity index is 957. The number of hydrazone groups is 1. The van der Waals surface area contributed by atoms with Crippen LogP contribution in [0.5, 0.6) is 5.75 Å². The fraction of sp³-hybridized carbons (Fsp3) is 0.250. The van der Waals surface area contributed by atoms with E-state index in [1.165, 1.54) is 12.1 Å². The van der Waals surface area contributed by atoms with Crippen LogP contribution in [-0.4, -0.2) is 24.1 Å². The van der Waals surface area contributed by atoms with Crippen LogP contribution in [0.4, 0.5) is 5.69 Å². The first-order valence-corrected chi connectivity index (χ1v) is 9.98. The number of hydrogen-bond acceptors (Lipinski definition) is 4. The van der Waals surface area contributed by atoms with Crippen molar-refractivity contribution in [3.63, 3.8) is 0 Å². The molecule has 1 fully saturated rings. The molecule has 3 rings (SSSR count). The van der Waals surface area contributed by atoms with Gasteiger partial charge < -0.3 is 10.1 Å². The van der Waals surface area contributed by atoms with Gasteiger partial charge >= 0.3 is 0 Å². The summed E-state index contributed by atoms with van der Waals surface area (Å²) in [5.41, 5.74) is 4.56. The van der Waals surface area contributed by atoms with Crippen molar-refractivity contribution in [2.24, 2.45) is 11.0 Å². The molecular weight excluding hydrogens is 437 g/mol. The summed E-state index contributed by atoms with van der Waals surface area (Å²) in [6, 6.07) is 10.1. The van der Waals surface area contributed by atoms with E-state index in [-0.39, 0.29) is 34.2 Å². The van der Waals surface area contributed by atoms with Crippen molar-refractivity contribution in [1.29, 1.82) is 0 Å². The number of hydrogen-bond donors (Lipinski definition) is 2. The third-order valence-electron chi connectivity index (χ3n) is 4.20. The van der Waals surface area contributed by atoms with Crippen molar-refractivity contribution >= 4 is 58.0 Å². The lowest BCUT2D eigenvalue weighted by atomic mass is 10.1. The number of carbonyl (C=O) groups excluding carboxylic acids is 2. The van der Waals surface area contributed by atoms with Crippen molar-refractivity contribution < 1.29 is 14.3 Å². The lowest BCUT2D eigenvalue weighted by Crippen LogP contribution is -2.25. The van der Waals surface area contributed by atoms with Gasteiger partial charge in [-0.05, 0) is 43.5 Å². The molecule has 152 valence electrons. The number of halogens is 3. The Morgan fingerprint density at radius 2 is 1.72 bits per heavy atom. The fourth-order valence-electron chi connectivity index (χ4n) is 2.39. The monoisotopic (exact) mass is 453 g/mol. The molecule has 0 atom stereocenters. The third-order valence-corrected chi connectivity index (χ3v) is 5.22. The molecule has 0 unspecified atom stereocenters. The second-order valence-electron chi connectivity index (χ2n) is 6.56. The Morgan fingerprint density at radius 3 is 2.38 bits per heavy atom. The molecular formula is C20H18Cl3N3O3. The van der Waals surface area contributed by atoms with E-state index in [4.69, 9.17) is 39.5 Å². The predicted molar refractivity (Wildman–Crippen MR) is 115 cm³/mol. The third kappa shape index (κ3) is 6.10. The zero-order valence-corrected chi connectivity index (χ0v) is 17.7. The van der Waals surface area contributed by atoms with Gasteiger partial charge in [-0.2, -0.15) is 5.10 Å². The second-order valence-corrected chi connectivity index (χ2v) is 7.78. The topological polar surface area (TPSA) is 79.8 Å². The number of rotatable bonds is 7. The highest BCUT2D eigenvalue weighted by Gasteiger charge is 2.29. The molecule has 29 heavy (non-hydrogen) atoms. The normalized spacial score (nSPS) is 13.7. The number of ether oxygens (including phenoxy) is 1. The van der Waals surface area contributed by atoms with E-state index in [0.717, 1.165) is 24.1 Å². The molecule has 2 aromatic carbocycles. The molecule has 0 radical (unpaired) electrons. The highest BCUT2D eigenvalue weighted by atomic mass is 35.5. The average Bonchev–Trinajstić information content (AvgIpc) is 3.54. The standard InChI is InChI=1S/C20H18Cl3N3O3/c1-11(12-4-6-14(7-5-12)24-20(28)13-2-3-13)25-26-19(27)10-29-18-9-16(22)15(21)8-17(18)23/h4-9,13H,2-3,10H2,1H3,(H,24,28)(H,26,27)/b25-11-. The molecule has 2 aromatic rings. The molecule has 0 bridgehead atoms.